The lowest BCUT2D eigenvalue weighted by molar-refractivity contribution is -0.152. The van der Waals surface area contributed by atoms with Crippen LogP contribution in [-0.4, -0.2) is 51.6 Å². The number of carbonyl (C=O) groups is 3. The van der Waals surface area contributed by atoms with Crippen molar-refractivity contribution in [1.29, 1.82) is 0 Å². The van der Waals surface area contributed by atoms with E-state index in [1.807, 2.05) is 37.3 Å². The number of hydrogen-bond donors (Lipinski definition) is 4. The van der Waals surface area contributed by atoms with Crippen LogP contribution in [0.5, 0.6) is 0 Å². The van der Waals surface area contributed by atoms with E-state index in [1.165, 1.54) is 10.4 Å². The summed E-state index contributed by atoms with van der Waals surface area (Å²) in [6.07, 6.45) is 1.30. The molecule has 1 aromatic carbocycles. The topological polar surface area (TPSA) is 119 Å². The van der Waals surface area contributed by atoms with Crippen molar-refractivity contribution in [3.8, 4) is 0 Å². The molecular weight excluding hydrogens is 362 g/mol. The largest absolute Gasteiger partial charge is 0.382 e. The van der Waals surface area contributed by atoms with Gasteiger partial charge in [0.05, 0.1) is 5.92 Å². The Balaban J connectivity index is 2.05. The van der Waals surface area contributed by atoms with Gasteiger partial charge in [0, 0.05) is 13.1 Å². The van der Waals surface area contributed by atoms with Crippen molar-refractivity contribution < 1.29 is 24.7 Å². The van der Waals surface area contributed by atoms with Gasteiger partial charge in [-0.05, 0) is 24.8 Å². The highest BCUT2D eigenvalue weighted by molar-refractivity contribution is 5.92. The van der Waals surface area contributed by atoms with E-state index in [4.69, 9.17) is 5.21 Å². The third-order valence-corrected chi connectivity index (χ3v) is 5.09. The number of unbranched alkanes of at least 4 members (excludes halogenated alkanes) is 1. The maximum absolute atomic E-state index is 13.0. The Labute approximate surface area is 164 Å². The van der Waals surface area contributed by atoms with E-state index in [0.717, 1.165) is 12.0 Å². The molecule has 0 bridgehead atoms. The zero-order valence-electron chi connectivity index (χ0n) is 16.1. The highest BCUT2D eigenvalue weighted by Crippen LogP contribution is 2.24. The molecule has 0 spiro atoms. The minimum atomic E-state index is -1.65. The highest BCUT2D eigenvalue weighted by Gasteiger charge is 2.40. The maximum atomic E-state index is 13.0. The molecule has 8 heteroatoms. The van der Waals surface area contributed by atoms with Crippen molar-refractivity contribution in [2.75, 3.05) is 6.54 Å². The van der Waals surface area contributed by atoms with E-state index >= 15 is 0 Å². The average molecular weight is 391 g/mol. The van der Waals surface area contributed by atoms with Gasteiger partial charge in [-0.1, -0.05) is 50.1 Å². The fourth-order valence-electron chi connectivity index (χ4n) is 3.51. The Kier molecular flexibility index (Phi) is 8.41. The van der Waals surface area contributed by atoms with Crippen LogP contribution < -0.4 is 10.8 Å². The number of hydrogen-bond acceptors (Lipinski definition) is 5. The summed E-state index contributed by atoms with van der Waals surface area (Å²) in [5.41, 5.74) is 2.36. The van der Waals surface area contributed by atoms with Gasteiger partial charge in [-0.25, -0.2) is 5.48 Å². The van der Waals surface area contributed by atoms with E-state index in [1.54, 1.807) is 0 Å². The van der Waals surface area contributed by atoms with E-state index in [-0.39, 0.29) is 5.91 Å². The molecule has 1 saturated heterocycles. The van der Waals surface area contributed by atoms with Crippen LogP contribution in [0, 0.1) is 5.92 Å². The monoisotopic (exact) mass is 391 g/mol. The SMILES string of the molecule is CCCCC(C(=O)N1CCCC1C(=O)NCc1ccccc1)C(O)C(=O)NO. The Morgan fingerprint density at radius 2 is 1.96 bits per heavy atom. The maximum Gasteiger partial charge on any atom is 0.272 e. The molecule has 2 rings (SSSR count). The molecule has 1 aliphatic rings. The van der Waals surface area contributed by atoms with Crippen molar-refractivity contribution in [3.63, 3.8) is 0 Å². The lowest BCUT2D eigenvalue weighted by atomic mass is 9.93. The first-order chi connectivity index (χ1) is 13.5. The normalized spacial score (nSPS) is 18.4. The van der Waals surface area contributed by atoms with Crippen LogP contribution in [-0.2, 0) is 20.9 Å². The second-order valence-electron chi connectivity index (χ2n) is 7.06. The van der Waals surface area contributed by atoms with Gasteiger partial charge in [0.15, 0.2) is 0 Å². The quantitative estimate of drug-likeness (QED) is 0.369. The van der Waals surface area contributed by atoms with Crippen molar-refractivity contribution in [2.24, 2.45) is 5.92 Å². The summed E-state index contributed by atoms with van der Waals surface area (Å²) in [4.78, 5) is 38.8. The van der Waals surface area contributed by atoms with Crippen molar-refractivity contribution >= 4 is 17.7 Å². The summed E-state index contributed by atoms with van der Waals surface area (Å²) in [6.45, 7) is 2.71. The summed E-state index contributed by atoms with van der Waals surface area (Å²) >= 11 is 0. The van der Waals surface area contributed by atoms with Crippen molar-refractivity contribution in [2.45, 2.75) is 57.7 Å². The predicted molar refractivity (Wildman–Crippen MR) is 102 cm³/mol. The van der Waals surface area contributed by atoms with E-state index in [9.17, 15) is 19.5 Å². The van der Waals surface area contributed by atoms with Crippen LogP contribution in [0.4, 0.5) is 0 Å². The summed E-state index contributed by atoms with van der Waals surface area (Å²) in [5, 5.41) is 21.8. The third-order valence-electron chi connectivity index (χ3n) is 5.09. The molecule has 8 nitrogen and oxygen atoms in total. The lowest BCUT2D eigenvalue weighted by Gasteiger charge is -2.30. The number of benzene rings is 1. The van der Waals surface area contributed by atoms with Gasteiger partial charge in [0.2, 0.25) is 11.8 Å². The van der Waals surface area contributed by atoms with Gasteiger partial charge in [0.1, 0.15) is 12.1 Å². The van der Waals surface area contributed by atoms with Crippen LogP contribution in [0.1, 0.15) is 44.6 Å². The van der Waals surface area contributed by atoms with Gasteiger partial charge >= 0.3 is 0 Å². The number of carbonyl (C=O) groups excluding carboxylic acids is 3. The smallest absolute Gasteiger partial charge is 0.272 e. The molecule has 1 aliphatic heterocycles. The van der Waals surface area contributed by atoms with E-state index < -0.39 is 29.9 Å². The molecule has 1 aromatic rings. The van der Waals surface area contributed by atoms with Gasteiger partial charge in [0.25, 0.3) is 5.91 Å². The van der Waals surface area contributed by atoms with Crippen LogP contribution >= 0.6 is 0 Å². The molecule has 3 amide bonds. The van der Waals surface area contributed by atoms with E-state index in [0.29, 0.717) is 38.8 Å². The van der Waals surface area contributed by atoms with Gasteiger partial charge < -0.3 is 15.3 Å². The summed E-state index contributed by atoms with van der Waals surface area (Å²) in [6, 6.07) is 8.86. The first-order valence-electron chi connectivity index (χ1n) is 9.73. The molecule has 154 valence electrons. The minimum Gasteiger partial charge on any atom is -0.382 e. The fraction of sp³-hybridized carbons (Fsp3) is 0.550. The Bertz CT molecular complexity index is 667. The fourth-order valence-corrected chi connectivity index (χ4v) is 3.51. The minimum absolute atomic E-state index is 0.245. The Morgan fingerprint density at radius 1 is 1.25 bits per heavy atom. The summed E-state index contributed by atoms with van der Waals surface area (Å²) in [7, 11) is 0. The second-order valence-corrected chi connectivity index (χ2v) is 7.06. The van der Waals surface area contributed by atoms with Crippen LogP contribution in [0.25, 0.3) is 0 Å². The number of nitrogens with zero attached hydrogens (tertiary/aromatic N) is 1. The molecule has 3 atom stereocenters. The molecule has 28 heavy (non-hydrogen) atoms. The molecular formula is C20H29N3O5. The zero-order chi connectivity index (χ0) is 20.5. The molecule has 4 N–H and O–H groups in total. The Hall–Kier alpha value is -2.45. The van der Waals surface area contributed by atoms with Crippen LogP contribution in [0.15, 0.2) is 30.3 Å². The van der Waals surface area contributed by atoms with Crippen LogP contribution in [0.2, 0.25) is 0 Å². The number of amides is 3. The number of aliphatic hydroxyl groups excluding tert-OH is 1. The van der Waals surface area contributed by atoms with Crippen LogP contribution in [0.3, 0.4) is 0 Å². The molecule has 0 saturated carbocycles. The molecule has 0 aromatic heterocycles. The lowest BCUT2D eigenvalue weighted by Crippen LogP contribution is -2.51. The number of nitrogens with one attached hydrogen (secondary N) is 2. The molecule has 1 fully saturated rings. The van der Waals surface area contributed by atoms with Gasteiger partial charge in [-0.2, -0.15) is 0 Å². The number of aliphatic hydroxyl groups is 1. The predicted octanol–water partition coefficient (Wildman–Crippen LogP) is 0.967. The number of likely N-dealkylation sites (tertiary alicyclic amines) is 1. The Morgan fingerprint density at radius 3 is 2.61 bits per heavy atom. The molecule has 3 unspecified atom stereocenters. The second kappa shape index (κ2) is 10.8. The molecule has 0 aliphatic carbocycles. The number of rotatable bonds is 9. The molecule has 0 radical (unpaired) electrons. The summed E-state index contributed by atoms with van der Waals surface area (Å²) < 4.78 is 0. The number of hydroxylamine groups is 1. The third kappa shape index (κ3) is 5.53. The van der Waals surface area contributed by atoms with Crippen molar-refractivity contribution in [3.05, 3.63) is 35.9 Å². The standard InChI is InChI=1S/C20H29N3O5/c1-2-3-10-15(17(24)19(26)22-28)20(27)23-12-7-11-16(23)18(25)21-13-14-8-5-4-6-9-14/h4-6,8-9,15-17,24,28H,2-3,7,10-13H2,1H3,(H,21,25)(H,22,26). The highest BCUT2D eigenvalue weighted by atomic mass is 16.5. The van der Waals surface area contributed by atoms with E-state index in [2.05, 4.69) is 5.32 Å². The first-order valence-corrected chi connectivity index (χ1v) is 9.73. The first kappa shape index (κ1) is 21.8. The average Bonchev–Trinajstić information content (AvgIpc) is 3.22. The van der Waals surface area contributed by atoms with Gasteiger partial charge in [-0.15, -0.1) is 0 Å². The van der Waals surface area contributed by atoms with Gasteiger partial charge in [-0.3, -0.25) is 19.6 Å². The molecule has 1 heterocycles. The zero-order valence-corrected chi connectivity index (χ0v) is 16.1. The van der Waals surface area contributed by atoms with Crippen molar-refractivity contribution in [1.82, 2.24) is 15.7 Å². The summed E-state index contributed by atoms with van der Waals surface area (Å²) in [5.74, 6) is -2.68.